The molecule has 0 fully saturated rings. The topological polar surface area (TPSA) is 37.4 Å². The van der Waals surface area contributed by atoms with Crippen LogP contribution < -0.4 is 10.1 Å². The van der Waals surface area contributed by atoms with Gasteiger partial charge in [0.15, 0.2) is 0 Å². The molecule has 0 atom stereocenters. The number of aryl methyl sites for hydroxylation is 2. The van der Waals surface area contributed by atoms with Gasteiger partial charge in [-0.3, -0.25) is 4.98 Å². The molecule has 0 aliphatic heterocycles. The Morgan fingerprint density at radius 3 is 2.74 bits per heavy atom. The fourth-order valence-corrected chi connectivity index (χ4v) is 1.86. The number of rotatable bonds is 9. The third-order valence-corrected chi connectivity index (χ3v) is 2.90. The summed E-state index contributed by atoms with van der Waals surface area (Å²) in [5.41, 5.74) is 2.10. The second kappa shape index (κ2) is 8.88. The average Bonchev–Trinajstić information content (AvgIpc) is 2.38. The highest BCUT2D eigenvalue weighted by Gasteiger charge is 2.03. The van der Waals surface area contributed by atoms with Crippen LogP contribution in [0.3, 0.4) is 0 Å². The van der Waals surface area contributed by atoms with E-state index in [2.05, 4.69) is 36.2 Å². The van der Waals surface area contributed by atoms with Crippen molar-refractivity contribution < 1.29 is 4.74 Å². The van der Waals surface area contributed by atoms with Gasteiger partial charge in [0.2, 0.25) is 0 Å². The number of nitrogens with zero attached hydrogens (tertiary/aromatic N) is 2. The Morgan fingerprint density at radius 2 is 2.05 bits per heavy atom. The number of hydrogen-bond donors (Lipinski definition) is 1. The van der Waals surface area contributed by atoms with Crippen LogP contribution in [-0.2, 0) is 6.42 Å². The van der Waals surface area contributed by atoms with E-state index in [0.717, 1.165) is 43.2 Å². The lowest BCUT2D eigenvalue weighted by Gasteiger charge is -2.12. The highest BCUT2D eigenvalue weighted by molar-refractivity contribution is 5.29. The first-order valence-corrected chi connectivity index (χ1v) is 7.08. The van der Waals surface area contributed by atoms with E-state index in [-0.39, 0.29) is 0 Å². The summed E-state index contributed by atoms with van der Waals surface area (Å²) in [7, 11) is 4.19. The van der Waals surface area contributed by atoms with Gasteiger partial charge in [0, 0.05) is 12.2 Å². The highest BCUT2D eigenvalue weighted by atomic mass is 16.5. The summed E-state index contributed by atoms with van der Waals surface area (Å²) in [6.45, 7) is 7.84. The van der Waals surface area contributed by atoms with Crippen molar-refractivity contribution in [3.05, 3.63) is 23.5 Å². The molecule has 108 valence electrons. The molecule has 0 aliphatic rings. The minimum Gasteiger partial charge on any atom is -0.490 e. The van der Waals surface area contributed by atoms with E-state index in [1.54, 1.807) is 0 Å². The Balaban J connectivity index is 2.19. The molecule has 1 aromatic heterocycles. The first-order valence-electron chi connectivity index (χ1n) is 7.08. The highest BCUT2D eigenvalue weighted by Crippen LogP contribution is 2.16. The summed E-state index contributed by atoms with van der Waals surface area (Å²) in [5.74, 6) is 0.920. The summed E-state index contributed by atoms with van der Waals surface area (Å²) in [5, 5.41) is 3.39. The summed E-state index contributed by atoms with van der Waals surface area (Å²) in [4.78, 5) is 6.69. The molecular weight excluding hydrogens is 238 g/mol. The van der Waals surface area contributed by atoms with Crippen LogP contribution in [-0.4, -0.2) is 50.2 Å². The molecule has 0 aliphatic carbocycles. The molecule has 0 spiro atoms. The zero-order chi connectivity index (χ0) is 14.1. The second-order valence-corrected chi connectivity index (χ2v) is 5.01. The minimum atomic E-state index is 0.694. The SMILES string of the molecule is CCc1nc(C)ccc1OCCNCCCN(C)C. The van der Waals surface area contributed by atoms with Gasteiger partial charge in [-0.05, 0) is 59.1 Å². The van der Waals surface area contributed by atoms with Crippen LogP contribution in [0.2, 0.25) is 0 Å². The Hall–Kier alpha value is -1.13. The van der Waals surface area contributed by atoms with E-state index >= 15 is 0 Å². The van der Waals surface area contributed by atoms with Gasteiger partial charge in [-0.25, -0.2) is 0 Å². The lowest BCUT2D eigenvalue weighted by Crippen LogP contribution is -2.25. The number of pyridine rings is 1. The molecule has 1 aromatic rings. The van der Waals surface area contributed by atoms with Crippen molar-refractivity contribution in [3.8, 4) is 5.75 Å². The Kier molecular flexibility index (Phi) is 7.45. The molecule has 0 unspecified atom stereocenters. The molecule has 0 aromatic carbocycles. The van der Waals surface area contributed by atoms with E-state index in [1.165, 1.54) is 6.42 Å². The molecular formula is C15H27N3O. The lowest BCUT2D eigenvalue weighted by atomic mass is 10.2. The van der Waals surface area contributed by atoms with Crippen molar-refractivity contribution in [2.45, 2.75) is 26.7 Å². The molecule has 0 radical (unpaired) electrons. The van der Waals surface area contributed by atoms with Crippen molar-refractivity contribution in [1.29, 1.82) is 0 Å². The van der Waals surface area contributed by atoms with Gasteiger partial charge >= 0.3 is 0 Å². The van der Waals surface area contributed by atoms with Gasteiger partial charge in [-0.2, -0.15) is 0 Å². The van der Waals surface area contributed by atoms with Crippen LogP contribution in [0.25, 0.3) is 0 Å². The maximum Gasteiger partial charge on any atom is 0.140 e. The summed E-state index contributed by atoms with van der Waals surface area (Å²) < 4.78 is 5.78. The molecule has 0 amide bonds. The molecule has 1 heterocycles. The van der Waals surface area contributed by atoms with E-state index in [4.69, 9.17) is 4.74 Å². The molecule has 19 heavy (non-hydrogen) atoms. The predicted octanol–water partition coefficient (Wildman–Crippen LogP) is 1.87. The van der Waals surface area contributed by atoms with Crippen molar-refractivity contribution in [1.82, 2.24) is 15.2 Å². The monoisotopic (exact) mass is 265 g/mol. The predicted molar refractivity (Wildman–Crippen MR) is 79.9 cm³/mol. The minimum absolute atomic E-state index is 0.694. The normalized spacial score (nSPS) is 11.0. The zero-order valence-corrected chi connectivity index (χ0v) is 12.7. The first kappa shape index (κ1) is 15.9. The zero-order valence-electron chi connectivity index (χ0n) is 12.7. The van der Waals surface area contributed by atoms with Crippen LogP contribution in [0.15, 0.2) is 12.1 Å². The summed E-state index contributed by atoms with van der Waals surface area (Å²) in [6, 6.07) is 4.02. The van der Waals surface area contributed by atoms with E-state index in [0.29, 0.717) is 6.61 Å². The molecule has 0 bridgehead atoms. The fourth-order valence-electron chi connectivity index (χ4n) is 1.86. The van der Waals surface area contributed by atoms with Crippen LogP contribution in [0.5, 0.6) is 5.75 Å². The van der Waals surface area contributed by atoms with Crippen molar-refractivity contribution >= 4 is 0 Å². The van der Waals surface area contributed by atoms with Crippen molar-refractivity contribution in [2.75, 3.05) is 40.3 Å². The largest absolute Gasteiger partial charge is 0.490 e. The lowest BCUT2D eigenvalue weighted by molar-refractivity contribution is 0.307. The third-order valence-electron chi connectivity index (χ3n) is 2.90. The van der Waals surface area contributed by atoms with Gasteiger partial charge in [0.25, 0.3) is 0 Å². The van der Waals surface area contributed by atoms with Gasteiger partial charge in [-0.15, -0.1) is 0 Å². The van der Waals surface area contributed by atoms with Crippen LogP contribution in [0.1, 0.15) is 24.7 Å². The summed E-state index contributed by atoms with van der Waals surface area (Å²) in [6.07, 6.45) is 2.08. The number of aromatic nitrogens is 1. The molecule has 0 saturated carbocycles. The Labute approximate surface area is 117 Å². The van der Waals surface area contributed by atoms with Crippen molar-refractivity contribution in [2.24, 2.45) is 0 Å². The average molecular weight is 265 g/mol. The number of nitrogens with one attached hydrogen (secondary N) is 1. The van der Waals surface area contributed by atoms with Gasteiger partial charge in [-0.1, -0.05) is 6.92 Å². The second-order valence-electron chi connectivity index (χ2n) is 5.01. The van der Waals surface area contributed by atoms with Crippen LogP contribution >= 0.6 is 0 Å². The van der Waals surface area contributed by atoms with Crippen LogP contribution in [0, 0.1) is 6.92 Å². The fraction of sp³-hybridized carbons (Fsp3) is 0.667. The molecule has 0 saturated heterocycles. The van der Waals surface area contributed by atoms with E-state index in [1.807, 2.05) is 19.1 Å². The third kappa shape index (κ3) is 6.55. The molecule has 1 N–H and O–H groups in total. The Morgan fingerprint density at radius 1 is 1.26 bits per heavy atom. The maximum atomic E-state index is 5.78. The summed E-state index contributed by atoms with van der Waals surface area (Å²) >= 11 is 0. The maximum absolute atomic E-state index is 5.78. The quantitative estimate of drug-likeness (QED) is 0.692. The van der Waals surface area contributed by atoms with E-state index < -0.39 is 0 Å². The van der Waals surface area contributed by atoms with Crippen LogP contribution in [0.4, 0.5) is 0 Å². The van der Waals surface area contributed by atoms with Gasteiger partial charge < -0.3 is 15.0 Å². The number of hydrogen-bond acceptors (Lipinski definition) is 4. The van der Waals surface area contributed by atoms with E-state index in [9.17, 15) is 0 Å². The Bertz CT molecular complexity index is 366. The molecule has 4 heteroatoms. The first-order chi connectivity index (χ1) is 9.13. The standard InChI is InChI=1S/C15H27N3O/c1-5-14-15(8-7-13(2)17-14)19-12-10-16-9-6-11-18(3)4/h7-8,16H,5-6,9-12H2,1-4H3. The number of ether oxygens (including phenoxy) is 1. The van der Waals surface area contributed by atoms with Gasteiger partial charge in [0.1, 0.15) is 12.4 Å². The van der Waals surface area contributed by atoms with Crippen molar-refractivity contribution in [3.63, 3.8) is 0 Å². The smallest absolute Gasteiger partial charge is 0.140 e. The van der Waals surface area contributed by atoms with Gasteiger partial charge in [0.05, 0.1) is 5.69 Å². The molecule has 1 rings (SSSR count). The molecule has 4 nitrogen and oxygen atoms in total.